The van der Waals surface area contributed by atoms with E-state index in [4.69, 9.17) is 4.74 Å². The van der Waals surface area contributed by atoms with Gasteiger partial charge in [-0.25, -0.2) is 4.79 Å². The van der Waals surface area contributed by atoms with Gasteiger partial charge in [0.05, 0.1) is 5.56 Å². The summed E-state index contributed by atoms with van der Waals surface area (Å²) in [5.41, 5.74) is 2.96. The van der Waals surface area contributed by atoms with Crippen molar-refractivity contribution in [2.45, 2.75) is 110 Å². The third-order valence-electron chi connectivity index (χ3n) is 11.5. The van der Waals surface area contributed by atoms with Gasteiger partial charge in [-0.2, -0.15) is 0 Å². The average Bonchev–Trinajstić information content (AvgIpc) is 3.22. The highest BCUT2D eigenvalue weighted by Gasteiger charge is 2.61. The van der Waals surface area contributed by atoms with Gasteiger partial charge >= 0.3 is 5.97 Å². The Morgan fingerprint density at radius 2 is 1.76 bits per heavy atom. The molecule has 0 N–H and O–H groups in total. The van der Waals surface area contributed by atoms with Gasteiger partial charge < -0.3 is 4.74 Å². The van der Waals surface area contributed by atoms with Crippen LogP contribution >= 0.6 is 15.9 Å². The van der Waals surface area contributed by atoms with Crippen molar-refractivity contribution >= 4 is 21.9 Å². The third kappa shape index (κ3) is 5.12. The minimum atomic E-state index is -0.174. The van der Waals surface area contributed by atoms with Crippen LogP contribution in [0, 0.1) is 46.3 Å². The van der Waals surface area contributed by atoms with Crippen LogP contribution in [-0.2, 0) is 4.74 Å². The van der Waals surface area contributed by atoms with E-state index >= 15 is 0 Å². The number of ether oxygens (including phenoxy) is 1. The molecule has 2 nitrogen and oxygen atoms in total. The predicted octanol–water partition coefficient (Wildman–Crippen LogP) is 9.63. The SMILES string of the molecule is CC(C)CCC[C@@H](C)[C@H]1CC[C@H]2[C@@H]3C(Br)C=C4C[C@@H](OC(=O)c5ccccc5)CC[C@]4(C)[C@H]3CC[C@]12C. The summed E-state index contributed by atoms with van der Waals surface area (Å²) in [5.74, 6) is 4.70. The molecule has 0 aliphatic heterocycles. The first-order valence-corrected chi connectivity index (χ1v) is 16.2. The molecule has 1 unspecified atom stereocenters. The number of alkyl halides is 1. The fourth-order valence-electron chi connectivity index (χ4n) is 9.49. The van der Waals surface area contributed by atoms with E-state index in [1.165, 1.54) is 44.9 Å². The Hall–Kier alpha value is -1.09. The maximum atomic E-state index is 12.7. The van der Waals surface area contributed by atoms with E-state index in [-0.39, 0.29) is 17.5 Å². The van der Waals surface area contributed by atoms with Crippen molar-refractivity contribution in [2.24, 2.45) is 46.3 Å². The van der Waals surface area contributed by atoms with Crippen molar-refractivity contribution in [2.75, 3.05) is 0 Å². The molecule has 3 fully saturated rings. The van der Waals surface area contributed by atoms with Crippen LogP contribution in [0.2, 0.25) is 0 Å². The average molecular weight is 570 g/mol. The molecule has 0 radical (unpaired) electrons. The summed E-state index contributed by atoms with van der Waals surface area (Å²) in [7, 11) is 0. The van der Waals surface area contributed by atoms with E-state index in [2.05, 4.69) is 56.6 Å². The molecule has 1 aromatic carbocycles. The number of rotatable bonds is 7. The van der Waals surface area contributed by atoms with Crippen LogP contribution in [0.5, 0.6) is 0 Å². The van der Waals surface area contributed by atoms with Crippen LogP contribution in [0.3, 0.4) is 0 Å². The zero-order valence-corrected chi connectivity index (χ0v) is 25.4. The first kappa shape index (κ1) is 27.5. The molecule has 9 atom stereocenters. The lowest BCUT2D eigenvalue weighted by Gasteiger charge is -2.59. The second-order valence-corrected chi connectivity index (χ2v) is 15.1. The minimum absolute atomic E-state index is 0.000290. The standard InChI is InChI=1S/C34H49BrO2/c1-22(2)10-9-11-23(3)27-14-15-28-31-29(17-19-34(27,28)5)33(4)18-16-26(20-25(33)21-30(31)35)37-32(36)24-12-7-6-8-13-24/h6-8,12-13,21-23,26-31H,9-11,14-20H2,1-5H3/t23-,26+,27-,28+,29+,30?,31+,33+,34-/m1/s1. The van der Waals surface area contributed by atoms with Gasteiger partial charge in [0.15, 0.2) is 0 Å². The minimum Gasteiger partial charge on any atom is -0.458 e. The molecule has 0 aromatic heterocycles. The van der Waals surface area contributed by atoms with Crippen molar-refractivity contribution in [3.05, 3.63) is 47.5 Å². The predicted molar refractivity (Wildman–Crippen MR) is 157 cm³/mol. The number of fused-ring (bicyclic) bond motifs is 5. The van der Waals surface area contributed by atoms with E-state index in [1.807, 2.05) is 30.3 Å². The van der Waals surface area contributed by atoms with Crippen LogP contribution in [0.25, 0.3) is 0 Å². The molecule has 4 aliphatic carbocycles. The highest BCUT2D eigenvalue weighted by Crippen LogP contribution is 2.68. The van der Waals surface area contributed by atoms with E-state index in [0.717, 1.165) is 54.8 Å². The van der Waals surface area contributed by atoms with Crippen LogP contribution in [0.15, 0.2) is 42.0 Å². The second-order valence-electron chi connectivity index (χ2n) is 14.0. The number of hydrogen-bond donors (Lipinski definition) is 0. The smallest absolute Gasteiger partial charge is 0.338 e. The third-order valence-corrected chi connectivity index (χ3v) is 12.4. The van der Waals surface area contributed by atoms with E-state index in [1.54, 1.807) is 5.57 Å². The van der Waals surface area contributed by atoms with Crippen molar-refractivity contribution in [1.29, 1.82) is 0 Å². The summed E-state index contributed by atoms with van der Waals surface area (Å²) in [5, 5.41) is 0. The summed E-state index contributed by atoms with van der Waals surface area (Å²) in [6.07, 6.45) is 15.4. The number of esters is 1. The first-order chi connectivity index (χ1) is 17.6. The summed E-state index contributed by atoms with van der Waals surface area (Å²) < 4.78 is 6.02. The lowest BCUT2D eigenvalue weighted by atomic mass is 9.47. The van der Waals surface area contributed by atoms with E-state index in [0.29, 0.717) is 15.8 Å². The van der Waals surface area contributed by atoms with Gasteiger partial charge in [0.2, 0.25) is 0 Å². The van der Waals surface area contributed by atoms with E-state index in [9.17, 15) is 4.79 Å². The van der Waals surface area contributed by atoms with Crippen LogP contribution in [-0.4, -0.2) is 16.9 Å². The van der Waals surface area contributed by atoms with Gasteiger partial charge in [0.1, 0.15) is 6.10 Å². The molecule has 0 bridgehead atoms. The Labute approximate surface area is 234 Å². The summed E-state index contributed by atoms with van der Waals surface area (Å²) in [6, 6.07) is 9.47. The Kier molecular flexibility index (Phi) is 8.03. The molecular weight excluding hydrogens is 520 g/mol. The number of carbonyl (C=O) groups is 1. The van der Waals surface area contributed by atoms with E-state index < -0.39 is 0 Å². The lowest BCUT2D eigenvalue weighted by Crippen LogP contribution is -2.54. The zero-order valence-electron chi connectivity index (χ0n) is 23.8. The number of benzene rings is 1. The highest BCUT2D eigenvalue weighted by atomic mass is 79.9. The molecule has 0 heterocycles. The number of allylic oxidation sites excluding steroid dienone is 1. The molecule has 204 valence electrons. The van der Waals surface area contributed by atoms with Crippen molar-refractivity contribution in [3.8, 4) is 0 Å². The van der Waals surface area contributed by atoms with Gasteiger partial charge in [-0.05, 0) is 97.0 Å². The van der Waals surface area contributed by atoms with Crippen LogP contribution < -0.4 is 0 Å². The Bertz CT molecular complexity index is 985. The summed E-state index contributed by atoms with van der Waals surface area (Å²) >= 11 is 4.22. The molecule has 3 heteroatoms. The van der Waals surface area contributed by atoms with Gasteiger partial charge in [-0.3, -0.25) is 0 Å². The lowest BCUT2D eigenvalue weighted by molar-refractivity contribution is -0.0567. The summed E-state index contributed by atoms with van der Waals surface area (Å²) in [4.78, 5) is 13.2. The molecule has 0 saturated heterocycles. The number of hydrogen-bond acceptors (Lipinski definition) is 2. The van der Waals surface area contributed by atoms with Crippen LogP contribution in [0.4, 0.5) is 0 Å². The molecule has 3 saturated carbocycles. The second kappa shape index (κ2) is 10.8. The molecular formula is C34H49BrO2. The molecule has 0 spiro atoms. The quantitative estimate of drug-likeness (QED) is 0.186. The maximum absolute atomic E-state index is 12.7. The monoisotopic (exact) mass is 568 g/mol. The normalized spacial score (nSPS) is 39.8. The highest BCUT2D eigenvalue weighted by molar-refractivity contribution is 9.09. The molecule has 5 rings (SSSR count). The van der Waals surface area contributed by atoms with Gasteiger partial charge in [-0.1, -0.05) is 99.7 Å². The van der Waals surface area contributed by atoms with Crippen LogP contribution in [0.1, 0.15) is 109 Å². The van der Waals surface area contributed by atoms with Gasteiger partial charge in [0.25, 0.3) is 0 Å². The molecule has 0 amide bonds. The maximum Gasteiger partial charge on any atom is 0.338 e. The van der Waals surface area contributed by atoms with Gasteiger partial charge in [-0.15, -0.1) is 0 Å². The zero-order chi connectivity index (χ0) is 26.4. The molecule has 1 aromatic rings. The topological polar surface area (TPSA) is 26.3 Å². The largest absolute Gasteiger partial charge is 0.458 e. The number of carbonyl (C=O) groups excluding carboxylic acids is 1. The Morgan fingerprint density at radius 3 is 2.49 bits per heavy atom. The first-order valence-electron chi connectivity index (χ1n) is 15.2. The van der Waals surface area contributed by atoms with Gasteiger partial charge in [0, 0.05) is 11.2 Å². The fourth-order valence-corrected chi connectivity index (χ4v) is 10.5. The molecule has 4 aliphatic rings. The van der Waals surface area contributed by atoms with Crippen molar-refractivity contribution < 1.29 is 9.53 Å². The van der Waals surface area contributed by atoms with Crippen molar-refractivity contribution in [1.82, 2.24) is 0 Å². The summed E-state index contributed by atoms with van der Waals surface area (Å²) in [6.45, 7) is 12.5. The Morgan fingerprint density at radius 1 is 1.00 bits per heavy atom. The fraction of sp³-hybridized carbons (Fsp3) is 0.735. The van der Waals surface area contributed by atoms with Crippen molar-refractivity contribution in [3.63, 3.8) is 0 Å². The Balaban J connectivity index is 1.29. The number of halogens is 1. The molecule has 37 heavy (non-hydrogen) atoms.